The number of likely N-dealkylation sites (tertiary alicyclic amines) is 2. The Balaban J connectivity index is 1.44. The molecule has 27 heavy (non-hydrogen) atoms. The van der Waals surface area contributed by atoms with Gasteiger partial charge in [0.05, 0.1) is 0 Å². The van der Waals surface area contributed by atoms with E-state index < -0.39 is 0 Å². The molecule has 0 bridgehead atoms. The van der Waals surface area contributed by atoms with Crippen molar-refractivity contribution in [2.24, 2.45) is 5.92 Å². The summed E-state index contributed by atoms with van der Waals surface area (Å²) < 4.78 is 0. The van der Waals surface area contributed by atoms with Crippen molar-refractivity contribution < 1.29 is 4.79 Å². The van der Waals surface area contributed by atoms with Crippen LogP contribution < -0.4 is 0 Å². The lowest BCUT2D eigenvalue weighted by molar-refractivity contribution is 0.0175. The molecule has 0 aliphatic carbocycles. The van der Waals surface area contributed by atoms with Gasteiger partial charge in [0.2, 0.25) is 0 Å². The summed E-state index contributed by atoms with van der Waals surface area (Å²) in [6, 6.07) is 16.3. The highest BCUT2D eigenvalue weighted by molar-refractivity contribution is 6.35. The number of carbonyl (C=O) groups is 1. The van der Waals surface area contributed by atoms with Crippen LogP contribution in [0.3, 0.4) is 0 Å². The van der Waals surface area contributed by atoms with Gasteiger partial charge in [0.1, 0.15) is 0 Å². The number of amides is 1. The van der Waals surface area contributed by atoms with Gasteiger partial charge in [-0.25, -0.2) is 0 Å². The van der Waals surface area contributed by atoms with E-state index in [1.54, 1.807) is 18.2 Å². The van der Waals surface area contributed by atoms with Crippen molar-refractivity contribution in [1.29, 1.82) is 0 Å². The molecular weight excluding hydrogens is 379 g/mol. The van der Waals surface area contributed by atoms with Gasteiger partial charge < -0.3 is 4.90 Å². The smallest absolute Gasteiger partial charge is 0.253 e. The summed E-state index contributed by atoms with van der Waals surface area (Å²) in [5.41, 5.74) is 1.95. The molecule has 0 N–H and O–H groups in total. The maximum Gasteiger partial charge on any atom is 0.253 e. The second kappa shape index (κ2) is 8.22. The number of hydrogen-bond donors (Lipinski definition) is 0. The minimum absolute atomic E-state index is 0.0398. The number of halogens is 2. The molecular formula is C22H24Cl2N2O. The Morgan fingerprint density at radius 3 is 2.48 bits per heavy atom. The van der Waals surface area contributed by atoms with E-state index in [0.29, 0.717) is 27.6 Å². The molecule has 1 amide bonds. The Bertz CT molecular complexity index is 791. The molecule has 2 atom stereocenters. The van der Waals surface area contributed by atoms with Crippen LogP contribution in [0.1, 0.15) is 35.2 Å². The van der Waals surface area contributed by atoms with E-state index in [9.17, 15) is 4.79 Å². The fourth-order valence-electron chi connectivity index (χ4n) is 4.57. The Morgan fingerprint density at radius 1 is 1.00 bits per heavy atom. The number of fused-ring (bicyclic) bond motifs is 1. The quantitative estimate of drug-likeness (QED) is 0.710. The monoisotopic (exact) mass is 402 g/mol. The molecule has 142 valence electrons. The number of piperidine rings is 2. The zero-order valence-corrected chi connectivity index (χ0v) is 16.8. The zero-order chi connectivity index (χ0) is 18.8. The highest BCUT2D eigenvalue weighted by Crippen LogP contribution is 2.32. The Morgan fingerprint density at radius 2 is 1.74 bits per heavy atom. The molecule has 4 rings (SSSR count). The molecule has 3 nitrogen and oxygen atoms in total. The van der Waals surface area contributed by atoms with Crippen LogP contribution in [0.2, 0.25) is 10.0 Å². The van der Waals surface area contributed by atoms with Crippen LogP contribution in [0.15, 0.2) is 48.5 Å². The summed E-state index contributed by atoms with van der Waals surface area (Å²) >= 11 is 12.2. The van der Waals surface area contributed by atoms with Crippen molar-refractivity contribution in [3.8, 4) is 0 Å². The van der Waals surface area contributed by atoms with E-state index >= 15 is 0 Å². The van der Waals surface area contributed by atoms with Gasteiger partial charge in [-0.1, -0.05) is 53.5 Å². The molecule has 5 heteroatoms. The van der Waals surface area contributed by atoms with E-state index in [4.69, 9.17) is 23.2 Å². The summed E-state index contributed by atoms with van der Waals surface area (Å²) in [5.74, 6) is 0.577. The number of nitrogens with zero attached hydrogens (tertiary/aromatic N) is 2. The lowest BCUT2D eigenvalue weighted by Crippen LogP contribution is -2.54. The van der Waals surface area contributed by atoms with Crippen LogP contribution in [0.5, 0.6) is 0 Å². The van der Waals surface area contributed by atoms with Gasteiger partial charge in [0.15, 0.2) is 0 Å². The predicted octanol–water partition coefficient (Wildman–Crippen LogP) is 5.12. The summed E-state index contributed by atoms with van der Waals surface area (Å²) in [6.07, 6.45) is 3.41. The molecule has 0 spiro atoms. The normalized spacial score (nSPS) is 23.1. The summed E-state index contributed by atoms with van der Waals surface area (Å²) in [7, 11) is 0. The number of hydrogen-bond acceptors (Lipinski definition) is 2. The first kappa shape index (κ1) is 18.8. The molecule has 0 unspecified atom stereocenters. The molecule has 2 heterocycles. The van der Waals surface area contributed by atoms with Gasteiger partial charge in [0.25, 0.3) is 5.91 Å². The molecule has 2 aromatic rings. The van der Waals surface area contributed by atoms with Crippen molar-refractivity contribution in [2.45, 2.75) is 31.8 Å². The molecule has 0 aromatic heterocycles. The topological polar surface area (TPSA) is 23.6 Å². The molecule has 2 saturated heterocycles. The predicted molar refractivity (Wildman–Crippen MR) is 110 cm³/mol. The number of carbonyl (C=O) groups excluding carboxylic acids is 1. The van der Waals surface area contributed by atoms with Gasteiger partial charge in [-0.3, -0.25) is 9.69 Å². The summed E-state index contributed by atoms with van der Waals surface area (Å²) in [4.78, 5) is 17.5. The maximum absolute atomic E-state index is 12.9. The highest BCUT2D eigenvalue weighted by atomic mass is 35.5. The van der Waals surface area contributed by atoms with Gasteiger partial charge in [-0.15, -0.1) is 0 Å². The first-order valence-electron chi connectivity index (χ1n) is 9.63. The lowest BCUT2D eigenvalue weighted by Gasteiger charge is -2.47. The molecule has 0 radical (unpaired) electrons. The Labute approximate surface area is 170 Å². The maximum atomic E-state index is 12.9. The van der Waals surface area contributed by atoms with Crippen molar-refractivity contribution in [3.63, 3.8) is 0 Å². The van der Waals surface area contributed by atoms with Crippen molar-refractivity contribution in [3.05, 3.63) is 69.7 Å². The molecule has 2 aliphatic rings. The standard InChI is InChI=1S/C22H24Cl2N2O/c23-19-11-18(12-20(24)13-19)22(27)26-10-8-21-17(15-26)7-4-9-25(21)14-16-5-2-1-3-6-16/h1-3,5-6,11-13,17,21H,4,7-10,14-15H2/t17-,21+/m1/s1. The minimum atomic E-state index is 0.0398. The van der Waals surface area contributed by atoms with E-state index in [1.165, 1.54) is 18.4 Å². The first-order chi connectivity index (χ1) is 13.1. The van der Waals surface area contributed by atoms with Crippen LogP contribution in [-0.4, -0.2) is 41.4 Å². The van der Waals surface area contributed by atoms with Crippen molar-refractivity contribution in [2.75, 3.05) is 19.6 Å². The summed E-state index contributed by atoms with van der Waals surface area (Å²) in [6.45, 7) is 3.75. The summed E-state index contributed by atoms with van der Waals surface area (Å²) in [5, 5.41) is 1.01. The molecule has 2 aromatic carbocycles. The third-order valence-corrected chi connectivity index (χ3v) is 6.24. The fourth-order valence-corrected chi connectivity index (χ4v) is 5.09. The van der Waals surface area contributed by atoms with E-state index in [-0.39, 0.29) is 5.91 Å². The van der Waals surface area contributed by atoms with E-state index in [1.807, 2.05) is 4.90 Å². The average Bonchev–Trinajstić information content (AvgIpc) is 2.67. The lowest BCUT2D eigenvalue weighted by atomic mass is 9.83. The number of benzene rings is 2. The largest absolute Gasteiger partial charge is 0.338 e. The Hall–Kier alpha value is -1.55. The average molecular weight is 403 g/mol. The highest BCUT2D eigenvalue weighted by Gasteiger charge is 2.37. The Kier molecular flexibility index (Phi) is 5.72. The van der Waals surface area contributed by atoms with Crippen LogP contribution in [0, 0.1) is 5.92 Å². The van der Waals surface area contributed by atoms with Crippen LogP contribution in [0.4, 0.5) is 0 Å². The molecule has 2 fully saturated rings. The van der Waals surface area contributed by atoms with Gasteiger partial charge in [0, 0.05) is 41.3 Å². The third-order valence-electron chi connectivity index (χ3n) is 5.81. The van der Waals surface area contributed by atoms with Gasteiger partial charge in [-0.2, -0.15) is 0 Å². The van der Waals surface area contributed by atoms with Gasteiger partial charge >= 0.3 is 0 Å². The van der Waals surface area contributed by atoms with E-state index in [2.05, 4.69) is 35.2 Å². The van der Waals surface area contributed by atoms with E-state index in [0.717, 1.165) is 32.6 Å². The second-order valence-corrected chi connectivity index (χ2v) is 8.50. The second-order valence-electron chi connectivity index (χ2n) is 7.62. The van der Waals surface area contributed by atoms with Crippen LogP contribution >= 0.6 is 23.2 Å². The third kappa shape index (κ3) is 4.31. The first-order valence-corrected chi connectivity index (χ1v) is 10.4. The van der Waals surface area contributed by atoms with Crippen LogP contribution in [-0.2, 0) is 6.54 Å². The fraction of sp³-hybridized carbons (Fsp3) is 0.409. The van der Waals surface area contributed by atoms with Crippen LogP contribution in [0.25, 0.3) is 0 Å². The van der Waals surface area contributed by atoms with Crippen molar-refractivity contribution in [1.82, 2.24) is 9.80 Å². The molecule has 2 aliphatic heterocycles. The molecule has 0 saturated carbocycles. The van der Waals surface area contributed by atoms with Crippen molar-refractivity contribution >= 4 is 29.1 Å². The zero-order valence-electron chi connectivity index (χ0n) is 15.3. The van der Waals surface area contributed by atoms with Gasteiger partial charge in [-0.05, 0) is 55.5 Å². The SMILES string of the molecule is O=C(c1cc(Cl)cc(Cl)c1)N1CC[C@H]2[C@H](CCCN2Cc2ccccc2)C1. The number of rotatable bonds is 3. The minimum Gasteiger partial charge on any atom is -0.338 e.